The van der Waals surface area contributed by atoms with Crippen LogP contribution in [0.2, 0.25) is 0 Å². The van der Waals surface area contributed by atoms with E-state index in [1.165, 1.54) is 0 Å². The molecule has 1 fully saturated rings. The minimum atomic E-state index is -4.77. The van der Waals surface area contributed by atoms with Gasteiger partial charge in [0.25, 0.3) is 5.56 Å². The molecule has 1 aromatic rings. The summed E-state index contributed by atoms with van der Waals surface area (Å²) in [5, 5.41) is 22.1. The van der Waals surface area contributed by atoms with Gasteiger partial charge in [-0.05, 0) is 34.6 Å². The number of phosphoric acid groups is 1. The Labute approximate surface area is 216 Å². The van der Waals surface area contributed by atoms with Crippen LogP contribution in [0.3, 0.4) is 0 Å². The van der Waals surface area contributed by atoms with E-state index in [0.29, 0.717) is 0 Å². The van der Waals surface area contributed by atoms with Crippen LogP contribution in [0.5, 0.6) is 0 Å². The molecule has 1 aromatic heterocycles. The van der Waals surface area contributed by atoms with Gasteiger partial charge in [-0.15, -0.1) is 0 Å². The molecule has 0 spiro atoms. The molecule has 3 atom stereocenters. The Morgan fingerprint density at radius 3 is 2.08 bits per heavy atom. The van der Waals surface area contributed by atoms with Gasteiger partial charge >= 0.3 is 25.8 Å². The lowest BCUT2D eigenvalue weighted by molar-refractivity contribution is -0.156. The minimum absolute atomic E-state index is 0.524. The third-order valence-electron chi connectivity index (χ3n) is 4.91. The summed E-state index contributed by atoms with van der Waals surface area (Å²) < 4.78 is 52.9. The first-order chi connectivity index (χ1) is 17.6. The summed E-state index contributed by atoms with van der Waals surface area (Å²) >= 11 is 0. The van der Waals surface area contributed by atoms with Gasteiger partial charge in [-0.25, -0.2) is 28.0 Å². The maximum atomic E-state index is 13.1. The number of H-pyrrole nitrogens is 1. The van der Waals surface area contributed by atoms with E-state index in [0.717, 1.165) is 23.8 Å². The van der Waals surface area contributed by atoms with Crippen LogP contribution in [0.25, 0.3) is 0 Å². The Morgan fingerprint density at radius 2 is 1.61 bits per heavy atom. The molecule has 0 saturated carbocycles. The largest absolute Gasteiger partial charge is 0.510 e. The molecule has 38 heavy (non-hydrogen) atoms. The van der Waals surface area contributed by atoms with Crippen LogP contribution in [0.1, 0.15) is 40.8 Å². The summed E-state index contributed by atoms with van der Waals surface area (Å²) in [6, 6.07) is 0.999. The molecular weight excluding hydrogens is 539 g/mol. The highest BCUT2D eigenvalue weighted by atomic mass is 31.2. The van der Waals surface area contributed by atoms with Crippen LogP contribution < -0.4 is 11.2 Å². The number of rotatable bonds is 12. The number of aromatic amines is 1. The van der Waals surface area contributed by atoms with E-state index in [1.54, 1.807) is 27.7 Å². The van der Waals surface area contributed by atoms with Crippen molar-refractivity contribution in [3.63, 3.8) is 0 Å². The zero-order valence-electron chi connectivity index (χ0n) is 21.3. The molecule has 0 radical (unpaired) electrons. The predicted octanol–water partition coefficient (Wildman–Crippen LogP) is 0.744. The fourth-order valence-electron chi connectivity index (χ4n) is 2.93. The lowest BCUT2D eigenvalue weighted by Gasteiger charge is -2.36. The number of ether oxygens (including phenoxy) is 5. The summed E-state index contributed by atoms with van der Waals surface area (Å²) in [5.41, 5.74) is -6.20. The van der Waals surface area contributed by atoms with Crippen molar-refractivity contribution >= 4 is 20.1 Å². The zero-order valence-corrected chi connectivity index (χ0v) is 22.2. The molecule has 3 N–H and O–H groups in total. The molecule has 216 valence electrons. The molecule has 1 aliphatic rings. The van der Waals surface area contributed by atoms with E-state index in [1.807, 2.05) is 4.98 Å². The van der Waals surface area contributed by atoms with Gasteiger partial charge in [-0.1, -0.05) is 0 Å². The Hall–Kier alpha value is -2.79. The molecule has 1 saturated heterocycles. The SMILES string of the molecule is CC(C)OC(=O)OCOP(=O)(OCOC(=O)OC(C)C)OCC1(O)CO[C@@H](n2ccc(=O)[nH]c2=O)[C@]1(C)O. The van der Waals surface area contributed by atoms with Crippen molar-refractivity contribution in [1.29, 1.82) is 0 Å². The fraction of sp³-hybridized carbons (Fsp3) is 0.700. The number of aliphatic hydroxyl groups is 2. The van der Waals surface area contributed by atoms with Crippen molar-refractivity contribution in [3.05, 3.63) is 33.1 Å². The molecule has 18 heteroatoms. The van der Waals surface area contributed by atoms with Gasteiger partial charge in [0.1, 0.15) is 11.2 Å². The van der Waals surface area contributed by atoms with Crippen molar-refractivity contribution in [2.24, 2.45) is 0 Å². The molecule has 0 aromatic carbocycles. The van der Waals surface area contributed by atoms with Gasteiger partial charge in [-0.3, -0.25) is 18.9 Å². The Kier molecular flexibility index (Phi) is 10.6. The summed E-state index contributed by atoms with van der Waals surface area (Å²) in [7, 11) is -4.77. The second-order valence-electron chi connectivity index (χ2n) is 8.70. The number of phosphoric ester groups is 1. The Morgan fingerprint density at radius 1 is 1.08 bits per heavy atom. The average molecular weight is 570 g/mol. The maximum Gasteiger partial charge on any atom is 0.510 e. The van der Waals surface area contributed by atoms with E-state index in [9.17, 15) is 34.0 Å². The molecule has 2 heterocycles. The van der Waals surface area contributed by atoms with Gasteiger partial charge < -0.3 is 33.9 Å². The van der Waals surface area contributed by atoms with Gasteiger partial charge in [0.15, 0.2) is 6.23 Å². The number of aromatic nitrogens is 2. The monoisotopic (exact) mass is 570 g/mol. The first-order valence-corrected chi connectivity index (χ1v) is 12.6. The van der Waals surface area contributed by atoms with E-state index < -0.39 is 87.8 Å². The maximum absolute atomic E-state index is 13.1. The molecule has 1 unspecified atom stereocenters. The number of hydrogen-bond acceptors (Lipinski definition) is 15. The van der Waals surface area contributed by atoms with Crippen molar-refractivity contribution in [2.45, 2.75) is 64.3 Å². The van der Waals surface area contributed by atoms with Crippen LogP contribution in [0.15, 0.2) is 21.9 Å². The van der Waals surface area contributed by atoms with Crippen LogP contribution in [-0.2, 0) is 41.8 Å². The van der Waals surface area contributed by atoms with Crippen molar-refractivity contribution in [3.8, 4) is 0 Å². The van der Waals surface area contributed by atoms with Crippen LogP contribution in [0, 0.1) is 0 Å². The molecule has 0 amide bonds. The second-order valence-corrected chi connectivity index (χ2v) is 10.4. The predicted molar refractivity (Wildman–Crippen MR) is 123 cm³/mol. The summed E-state index contributed by atoms with van der Waals surface area (Å²) in [4.78, 5) is 48.6. The molecule has 1 aliphatic heterocycles. The van der Waals surface area contributed by atoms with Crippen molar-refractivity contribution < 1.29 is 61.6 Å². The summed E-state index contributed by atoms with van der Waals surface area (Å²) in [5.74, 6) is 0. The average Bonchev–Trinajstić information content (AvgIpc) is 3.01. The van der Waals surface area contributed by atoms with Crippen LogP contribution in [0.4, 0.5) is 9.59 Å². The van der Waals surface area contributed by atoms with Crippen LogP contribution >= 0.6 is 7.82 Å². The third-order valence-corrected chi connectivity index (χ3v) is 6.20. The van der Waals surface area contributed by atoms with Gasteiger partial charge in [0, 0.05) is 12.3 Å². The number of carbonyl (C=O) groups is 2. The Bertz CT molecular complexity index is 1100. The van der Waals surface area contributed by atoms with Gasteiger partial charge in [0.05, 0.1) is 25.4 Å². The van der Waals surface area contributed by atoms with E-state index in [4.69, 9.17) is 27.8 Å². The number of nitrogens with zero attached hydrogens (tertiary/aromatic N) is 1. The highest BCUT2D eigenvalue weighted by Crippen LogP contribution is 2.52. The third kappa shape index (κ3) is 8.36. The topological polar surface area (TPSA) is 220 Å². The normalized spacial score (nSPS) is 23.4. The van der Waals surface area contributed by atoms with E-state index >= 15 is 0 Å². The molecule has 0 aliphatic carbocycles. The van der Waals surface area contributed by atoms with Gasteiger partial charge in [0.2, 0.25) is 13.6 Å². The molecule has 17 nitrogen and oxygen atoms in total. The molecule has 0 bridgehead atoms. The zero-order chi connectivity index (χ0) is 28.7. The first-order valence-electron chi connectivity index (χ1n) is 11.2. The second kappa shape index (κ2) is 12.8. The smallest absolute Gasteiger partial charge is 0.432 e. The summed E-state index contributed by atoms with van der Waals surface area (Å²) in [6.45, 7) is 3.71. The van der Waals surface area contributed by atoms with Crippen molar-refractivity contribution in [2.75, 3.05) is 26.8 Å². The lowest BCUT2D eigenvalue weighted by atomic mass is 9.86. The highest BCUT2D eigenvalue weighted by molar-refractivity contribution is 7.48. The Balaban J connectivity index is 2.13. The van der Waals surface area contributed by atoms with Gasteiger partial charge in [-0.2, -0.15) is 0 Å². The number of hydrogen-bond donors (Lipinski definition) is 3. The van der Waals surface area contributed by atoms with Crippen molar-refractivity contribution in [1.82, 2.24) is 9.55 Å². The molecular formula is C20H31N2O15P. The highest BCUT2D eigenvalue weighted by Gasteiger charge is 2.59. The number of nitrogens with one attached hydrogen (secondary N) is 1. The quantitative estimate of drug-likeness (QED) is 0.179. The van der Waals surface area contributed by atoms with E-state index in [2.05, 4.69) is 9.47 Å². The fourth-order valence-corrected chi connectivity index (χ4v) is 3.89. The number of carbonyl (C=O) groups excluding carboxylic acids is 2. The minimum Gasteiger partial charge on any atom is -0.432 e. The summed E-state index contributed by atoms with van der Waals surface area (Å²) in [6.07, 6.45) is -3.82. The molecule has 2 rings (SSSR count). The standard InChI is InChI=1S/C20H31N2O15P/c1-12(2)36-17(25)31-10-34-38(29,35-11-32-18(26)37-13(3)4)33-9-20(28)8-30-15(19(20,5)27)22-7-6-14(23)21-16(22)24/h6-7,12-13,15,27-28H,8-11H2,1-5H3,(H,21,23,24)/t15-,19+,20?/m1/s1. The van der Waals surface area contributed by atoms with E-state index in [-0.39, 0.29) is 0 Å². The first kappa shape index (κ1) is 31.4. The van der Waals surface area contributed by atoms with Crippen LogP contribution in [-0.4, -0.2) is 82.3 Å². The lowest BCUT2D eigenvalue weighted by Crippen LogP contribution is -2.56.